The predicted molar refractivity (Wildman–Crippen MR) is 233 cm³/mol. The molecule has 7 fully saturated rings. The van der Waals surface area contributed by atoms with Gasteiger partial charge in [-0.05, 0) is 176 Å². The van der Waals surface area contributed by atoms with E-state index in [1.54, 1.807) is 14.2 Å². The summed E-state index contributed by atoms with van der Waals surface area (Å²) in [7, 11) is 3.08. The maximum atomic E-state index is 12.0. The summed E-state index contributed by atoms with van der Waals surface area (Å²) in [5.74, 6) is 6.08. The molecule has 57 heavy (non-hydrogen) atoms. The van der Waals surface area contributed by atoms with E-state index in [-0.39, 0.29) is 11.9 Å². The molecule has 0 heterocycles. The number of hydrogen-bond donors (Lipinski definition) is 0. The third kappa shape index (κ3) is 12.0. The number of carbonyl (C=O) groups excluding carboxylic acids is 2. The molecule has 2 atom stereocenters. The molecule has 7 aliphatic carbocycles. The summed E-state index contributed by atoms with van der Waals surface area (Å²) in [6, 6.07) is 4.39. The fourth-order valence-corrected chi connectivity index (χ4v) is 15.1. The van der Waals surface area contributed by atoms with E-state index in [0.29, 0.717) is 36.8 Å². The van der Waals surface area contributed by atoms with Crippen molar-refractivity contribution in [3.05, 3.63) is 0 Å². The van der Waals surface area contributed by atoms with Gasteiger partial charge in [-0.25, -0.2) is 0 Å². The Kier molecular flexibility index (Phi) is 17.0. The highest BCUT2D eigenvalue weighted by molar-refractivity contribution is 5.69. The van der Waals surface area contributed by atoms with Crippen molar-refractivity contribution in [3.63, 3.8) is 0 Å². The van der Waals surface area contributed by atoms with Gasteiger partial charge in [0.05, 0.1) is 14.2 Å². The molecule has 0 aromatic carbocycles. The molecule has 7 rings (SSSR count). The van der Waals surface area contributed by atoms with Crippen LogP contribution >= 0.6 is 0 Å². The van der Waals surface area contributed by atoms with Crippen LogP contribution in [0.2, 0.25) is 0 Å². The average molecular weight is 793 g/mol. The lowest BCUT2D eigenvalue weighted by Gasteiger charge is -2.55. The van der Waals surface area contributed by atoms with Crippen LogP contribution in [-0.2, 0) is 19.1 Å². The number of esters is 2. The third-order valence-electron chi connectivity index (χ3n) is 18.1. The Morgan fingerprint density at radius 3 is 1.05 bits per heavy atom. The van der Waals surface area contributed by atoms with E-state index < -0.39 is 0 Å². The summed E-state index contributed by atoms with van der Waals surface area (Å²) in [6.45, 7) is 2.63. The summed E-state index contributed by atoms with van der Waals surface area (Å²) in [6.07, 6.45) is 44.3. The van der Waals surface area contributed by atoms with Gasteiger partial charge in [-0.1, -0.05) is 71.1 Å². The van der Waals surface area contributed by atoms with E-state index >= 15 is 0 Å². The molecule has 0 spiro atoms. The summed E-state index contributed by atoms with van der Waals surface area (Å²) >= 11 is 0. The first-order chi connectivity index (χ1) is 27.9. The van der Waals surface area contributed by atoms with Gasteiger partial charge < -0.3 is 9.47 Å². The molecule has 0 aromatic heterocycles. The van der Waals surface area contributed by atoms with Crippen LogP contribution in [0, 0.1) is 41.4 Å². The lowest BCUT2D eigenvalue weighted by Crippen LogP contribution is -2.59. The van der Waals surface area contributed by atoms with Crippen molar-refractivity contribution >= 4 is 11.9 Å². The minimum atomic E-state index is -0.0302. The summed E-state index contributed by atoms with van der Waals surface area (Å²) in [4.78, 5) is 30.6. The van der Waals surface area contributed by atoms with Crippen molar-refractivity contribution in [2.75, 3.05) is 14.2 Å². The molecule has 326 valence electrons. The number of rotatable bonds is 14. The van der Waals surface area contributed by atoms with Crippen molar-refractivity contribution in [2.45, 2.75) is 255 Å². The van der Waals surface area contributed by atoms with E-state index in [1.807, 2.05) is 0 Å². The lowest BCUT2D eigenvalue weighted by atomic mass is 9.70. The van der Waals surface area contributed by atoms with Gasteiger partial charge in [0, 0.05) is 49.1 Å². The minimum Gasteiger partial charge on any atom is -0.469 e. The highest BCUT2D eigenvalue weighted by Gasteiger charge is 2.45. The summed E-state index contributed by atoms with van der Waals surface area (Å²) < 4.78 is 10.1. The smallest absolute Gasteiger partial charge is 0.305 e. The van der Waals surface area contributed by atoms with Gasteiger partial charge in [0.1, 0.15) is 0 Å². The SMILES string of the molecule is COC(=O)CCC1CCC(N(C2CCC(C3CCCCC3)CC2)C2CC(C)CC(N(C3CCC(CCC(=O)OC)CC3)C3CCC(C4CCCCC4)CC3)C2)CC1. The largest absolute Gasteiger partial charge is 0.469 e. The summed E-state index contributed by atoms with van der Waals surface area (Å²) in [5, 5.41) is 0. The van der Waals surface area contributed by atoms with Crippen molar-refractivity contribution in [2.24, 2.45) is 41.4 Å². The predicted octanol–water partition coefficient (Wildman–Crippen LogP) is 12.4. The van der Waals surface area contributed by atoms with Crippen molar-refractivity contribution in [1.82, 2.24) is 9.80 Å². The lowest BCUT2D eigenvalue weighted by molar-refractivity contribution is -0.141. The van der Waals surface area contributed by atoms with Gasteiger partial charge in [0.2, 0.25) is 0 Å². The fraction of sp³-hybridized carbons (Fsp3) is 0.961. The monoisotopic (exact) mass is 793 g/mol. The second kappa shape index (κ2) is 22.1. The highest BCUT2D eigenvalue weighted by Crippen LogP contribution is 2.47. The molecule has 0 aliphatic heterocycles. The maximum Gasteiger partial charge on any atom is 0.305 e. The van der Waals surface area contributed by atoms with Crippen LogP contribution in [0.5, 0.6) is 0 Å². The van der Waals surface area contributed by atoms with E-state index in [1.165, 1.54) is 186 Å². The fourth-order valence-electron chi connectivity index (χ4n) is 15.1. The van der Waals surface area contributed by atoms with Crippen LogP contribution in [0.25, 0.3) is 0 Å². The molecular weight excluding hydrogens is 705 g/mol. The van der Waals surface area contributed by atoms with Gasteiger partial charge in [-0.3, -0.25) is 19.4 Å². The van der Waals surface area contributed by atoms with Gasteiger partial charge in [0.25, 0.3) is 0 Å². The maximum absolute atomic E-state index is 12.0. The number of carbonyl (C=O) groups is 2. The molecule has 7 saturated carbocycles. The minimum absolute atomic E-state index is 0.0302. The zero-order valence-electron chi connectivity index (χ0n) is 37.4. The quantitative estimate of drug-likeness (QED) is 0.163. The second-order valence-corrected chi connectivity index (χ2v) is 21.5. The van der Waals surface area contributed by atoms with Gasteiger partial charge in [-0.2, -0.15) is 0 Å². The first-order valence-corrected chi connectivity index (χ1v) is 25.6. The molecule has 7 aliphatic rings. The average Bonchev–Trinajstić information content (AvgIpc) is 3.26. The molecule has 0 amide bonds. The number of methoxy groups -OCH3 is 2. The first kappa shape index (κ1) is 43.9. The Morgan fingerprint density at radius 1 is 0.404 bits per heavy atom. The third-order valence-corrected chi connectivity index (χ3v) is 18.1. The zero-order valence-corrected chi connectivity index (χ0v) is 37.4. The molecular formula is C51H88N2O4. The van der Waals surface area contributed by atoms with Crippen LogP contribution in [0.3, 0.4) is 0 Å². The standard InChI is InChI=1S/C51H88N2O4/c1-37-34-48(52(44-24-14-38(15-25-44)18-32-50(54)56-2)46-28-20-42(21-29-46)40-10-6-4-7-11-40)36-49(35-37)53(45-26-16-39(17-27-45)19-33-51(55)57-3)47-30-22-43(23-31-47)41-12-8-5-9-13-41/h37-49H,4-36H2,1-3H3. The Morgan fingerprint density at radius 2 is 0.719 bits per heavy atom. The number of nitrogens with zero attached hydrogens (tertiary/aromatic N) is 2. The van der Waals surface area contributed by atoms with Crippen molar-refractivity contribution < 1.29 is 19.1 Å². The van der Waals surface area contributed by atoms with Crippen LogP contribution in [0.1, 0.15) is 219 Å². The van der Waals surface area contributed by atoms with E-state index in [9.17, 15) is 9.59 Å². The Balaban J connectivity index is 1.07. The number of hydrogen-bond acceptors (Lipinski definition) is 6. The van der Waals surface area contributed by atoms with Gasteiger partial charge in [-0.15, -0.1) is 0 Å². The molecule has 2 unspecified atom stereocenters. The normalized spacial score (nSPS) is 37.9. The molecule has 0 bridgehead atoms. The molecule has 0 radical (unpaired) electrons. The van der Waals surface area contributed by atoms with Gasteiger partial charge >= 0.3 is 11.9 Å². The molecule has 0 saturated heterocycles. The van der Waals surface area contributed by atoms with Crippen LogP contribution in [0.4, 0.5) is 0 Å². The van der Waals surface area contributed by atoms with Crippen molar-refractivity contribution in [1.29, 1.82) is 0 Å². The van der Waals surface area contributed by atoms with E-state index in [0.717, 1.165) is 66.6 Å². The number of ether oxygens (including phenoxy) is 2. The second-order valence-electron chi connectivity index (χ2n) is 21.5. The van der Waals surface area contributed by atoms with Crippen LogP contribution in [0.15, 0.2) is 0 Å². The van der Waals surface area contributed by atoms with Gasteiger partial charge in [0.15, 0.2) is 0 Å². The summed E-state index contributed by atoms with van der Waals surface area (Å²) in [5.41, 5.74) is 0. The molecule has 6 nitrogen and oxygen atoms in total. The Bertz CT molecular complexity index is 1090. The first-order valence-electron chi connectivity index (χ1n) is 25.6. The van der Waals surface area contributed by atoms with Crippen LogP contribution < -0.4 is 0 Å². The zero-order chi connectivity index (χ0) is 39.6. The highest BCUT2D eigenvalue weighted by atomic mass is 16.5. The molecule has 0 N–H and O–H groups in total. The topological polar surface area (TPSA) is 59.1 Å². The van der Waals surface area contributed by atoms with E-state index in [2.05, 4.69) is 16.7 Å². The van der Waals surface area contributed by atoms with Crippen molar-refractivity contribution in [3.8, 4) is 0 Å². The Hall–Kier alpha value is -1.14. The van der Waals surface area contributed by atoms with Crippen LogP contribution in [-0.4, -0.2) is 72.2 Å². The van der Waals surface area contributed by atoms with E-state index in [4.69, 9.17) is 9.47 Å². The molecule has 6 heteroatoms. The Labute approximate surface area is 350 Å². The molecule has 0 aromatic rings.